The predicted octanol–water partition coefficient (Wildman–Crippen LogP) is 3.73. The average Bonchev–Trinajstić information content (AvgIpc) is 2.37. The smallest absolute Gasteiger partial charge is 0.416 e. The standard InChI is InChI=1S/C13H12ClF3O2/c14-7-11-5-9(6-12(18)19-11)8-1-3-10(4-2-8)13(15,16)17/h1-4,9,11H,5-7H2/t9?,11-/m0/s1. The molecule has 1 unspecified atom stereocenters. The number of benzene rings is 1. The van der Waals surface area contributed by atoms with Crippen LogP contribution in [0.25, 0.3) is 0 Å². The third-order valence-corrected chi connectivity index (χ3v) is 3.48. The first kappa shape index (κ1) is 14.2. The van der Waals surface area contributed by atoms with Crippen LogP contribution in [-0.4, -0.2) is 18.0 Å². The summed E-state index contributed by atoms with van der Waals surface area (Å²) in [6.45, 7) is 0. The molecule has 1 aromatic carbocycles. The molecule has 2 rings (SSSR count). The Morgan fingerprint density at radius 3 is 2.42 bits per heavy atom. The number of carbonyl (C=O) groups excluding carboxylic acids is 1. The maximum Gasteiger partial charge on any atom is 0.416 e. The first-order valence-electron chi connectivity index (χ1n) is 5.82. The number of hydrogen-bond acceptors (Lipinski definition) is 2. The summed E-state index contributed by atoms with van der Waals surface area (Å²) < 4.78 is 42.4. The molecular weight excluding hydrogens is 281 g/mol. The molecule has 2 nitrogen and oxygen atoms in total. The minimum atomic E-state index is -4.34. The summed E-state index contributed by atoms with van der Waals surface area (Å²) in [5.74, 6) is -0.294. The van der Waals surface area contributed by atoms with Gasteiger partial charge in [-0.05, 0) is 30.0 Å². The number of cyclic esters (lactones) is 1. The molecule has 1 fully saturated rings. The number of hydrogen-bond donors (Lipinski definition) is 0. The Morgan fingerprint density at radius 2 is 1.89 bits per heavy atom. The Kier molecular flexibility index (Phi) is 4.04. The Balaban J connectivity index is 2.15. The maximum atomic E-state index is 12.4. The monoisotopic (exact) mass is 292 g/mol. The molecule has 2 atom stereocenters. The van der Waals surface area contributed by atoms with E-state index >= 15 is 0 Å². The van der Waals surface area contributed by atoms with E-state index in [0.717, 1.165) is 12.1 Å². The van der Waals surface area contributed by atoms with Gasteiger partial charge in [-0.3, -0.25) is 4.79 Å². The van der Waals surface area contributed by atoms with Crippen molar-refractivity contribution in [1.82, 2.24) is 0 Å². The zero-order chi connectivity index (χ0) is 14.0. The minimum absolute atomic E-state index is 0.132. The summed E-state index contributed by atoms with van der Waals surface area (Å²) in [4.78, 5) is 11.4. The summed E-state index contributed by atoms with van der Waals surface area (Å²) in [6, 6.07) is 4.89. The number of rotatable bonds is 2. The van der Waals surface area contributed by atoms with Gasteiger partial charge in [0.25, 0.3) is 0 Å². The molecule has 1 aliphatic rings. The van der Waals surface area contributed by atoms with Gasteiger partial charge < -0.3 is 4.74 Å². The van der Waals surface area contributed by atoms with Gasteiger partial charge in [0.05, 0.1) is 17.9 Å². The molecule has 104 valence electrons. The molecular formula is C13H12ClF3O2. The molecule has 0 N–H and O–H groups in total. The van der Waals surface area contributed by atoms with Gasteiger partial charge in [-0.25, -0.2) is 0 Å². The van der Waals surface area contributed by atoms with Crippen molar-refractivity contribution in [3.63, 3.8) is 0 Å². The lowest BCUT2D eigenvalue weighted by molar-refractivity contribution is -0.153. The van der Waals surface area contributed by atoms with Gasteiger partial charge in [-0.2, -0.15) is 13.2 Å². The molecule has 1 heterocycles. The van der Waals surface area contributed by atoms with Crippen LogP contribution in [0.15, 0.2) is 24.3 Å². The predicted molar refractivity (Wildman–Crippen MR) is 64.0 cm³/mol. The average molecular weight is 293 g/mol. The topological polar surface area (TPSA) is 26.3 Å². The molecule has 0 saturated carbocycles. The van der Waals surface area contributed by atoms with Crippen molar-refractivity contribution in [1.29, 1.82) is 0 Å². The van der Waals surface area contributed by atoms with E-state index in [1.165, 1.54) is 12.1 Å². The van der Waals surface area contributed by atoms with Crippen LogP contribution < -0.4 is 0 Å². The third-order valence-electron chi connectivity index (χ3n) is 3.14. The molecule has 1 aliphatic heterocycles. The van der Waals surface area contributed by atoms with Crippen molar-refractivity contribution in [2.45, 2.75) is 31.0 Å². The van der Waals surface area contributed by atoms with Crippen LogP contribution in [0.4, 0.5) is 13.2 Å². The number of halogens is 4. The number of ether oxygens (including phenoxy) is 1. The van der Waals surface area contributed by atoms with Crippen LogP contribution in [0.3, 0.4) is 0 Å². The highest BCUT2D eigenvalue weighted by molar-refractivity contribution is 6.18. The van der Waals surface area contributed by atoms with Crippen molar-refractivity contribution in [2.24, 2.45) is 0 Å². The van der Waals surface area contributed by atoms with E-state index in [0.29, 0.717) is 12.0 Å². The molecule has 0 aliphatic carbocycles. The molecule has 0 bridgehead atoms. The number of esters is 1. The lowest BCUT2D eigenvalue weighted by Crippen LogP contribution is -2.29. The van der Waals surface area contributed by atoms with E-state index in [2.05, 4.69) is 0 Å². The molecule has 0 aromatic heterocycles. The van der Waals surface area contributed by atoms with Gasteiger partial charge in [0.1, 0.15) is 6.10 Å². The van der Waals surface area contributed by atoms with E-state index in [-0.39, 0.29) is 30.3 Å². The summed E-state index contributed by atoms with van der Waals surface area (Å²) >= 11 is 5.66. The highest BCUT2D eigenvalue weighted by Crippen LogP contribution is 2.34. The van der Waals surface area contributed by atoms with Gasteiger partial charge in [0, 0.05) is 0 Å². The Morgan fingerprint density at radius 1 is 1.26 bits per heavy atom. The fraction of sp³-hybridized carbons (Fsp3) is 0.462. The van der Waals surface area contributed by atoms with E-state index in [1.807, 2.05) is 0 Å². The zero-order valence-corrected chi connectivity index (χ0v) is 10.7. The second-order valence-corrected chi connectivity index (χ2v) is 4.83. The SMILES string of the molecule is O=C1CC(c2ccc(C(F)(F)F)cc2)C[C@@H](CCl)O1. The van der Waals surface area contributed by atoms with Gasteiger partial charge >= 0.3 is 12.1 Å². The Bertz CT molecular complexity index is 456. The zero-order valence-electron chi connectivity index (χ0n) is 9.91. The van der Waals surface area contributed by atoms with Crippen LogP contribution in [0.5, 0.6) is 0 Å². The number of alkyl halides is 4. The lowest BCUT2D eigenvalue weighted by atomic mass is 9.88. The third kappa shape index (κ3) is 3.41. The molecule has 1 aromatic rings. The molecule has 0 radical (unpaired) electrons. The van der Waals surface area contributed by atoms with Crippen molar-refractivity contribution >= 4 is 17.6 Å². The Labute approximate surface area is 113 Å². The number of carbonyl (C=O) groups is 1. The fourth-order valence-corrected chi connectivity index (χ4v) is 2.37. The van der Waals surface area contributed by atoms with Crippen molar-refractivity contribution < 1.29 is 22.7 Å². The van der Waals surface area contributed by atoms with E-state index in [9.17, 15) is 18.0 Å². The highest BCUT2D eigenvalue weighted by atomic mass is 35.5. The van der Waals surface area contributed by atoms with Crippen molar-refractivity contribution in [3.8, 4) is 0 Å². The summed E-state index contributed by atoms with van der Waals surface area (Å²) in [5.41, 5.74) is 0.0169. The quantitative estimate of drug-likeness (QED) is 0.613. The first-order chi connectivity index (χ1) is 8.90. The van der Waals surface area contributed by atoms with Crippen LogP contribution in [0.1, 0.15) is 29.9 Å². The van der Waals surface area contributed by atoms with E-state index < -0.39 is 11.7 Å². The molecule has 19 heavy (non-hydrogen) atoms. The highest BCUT2D eigenvalue weighted by Gasteiger charge is 2.32. The largest absolute Gasteiger partial charge is 0.461 e. The molecule has 1 saturated heterocycles. The van der Waals surface area contributed by atoms with Crippen molar-refractivity contribution in [3.05, 3.63) is 35.4 Å². The molecule has 0 amide bonds. The van der Waals surface area contributed by atoms with Crippen LogP contribution in [-0.2, 0) is 15.7 Å². The fourth-order valence-electron chi connectivity index (χ4n) is 2.18. The van der Waals surface area contributed by atoms with Crippen LogP contribution >= 0.6 is 11.6 Å². The van der Waals surface area contributed by atoms with E-state index in [1.54, 1.807) is 0 Å². The normalized spacial score (nSPS) is 24.1. The van der Waals surface area contributed by atoms with Crippen LogP contribution in [0.2, 0.25) is 0 Å². The molecule has 6 heteroatoms. The van der Waals surface area contributed by atoms with E-state index in [4.69, 9.17) is 16.3 Å². The van der Waals surface area contributed by atoms with Gasteiger partial charge in [-0.15, -0.1) is 11.6 Å². The second kappa shape index (κ2) is 5.41. The van der Waals surface area contributed by atoms with Gasteiger partial charge in [-0.1, -0.05) is 12.1 Å². The second-order valence-electron chi connectivity index (χ2n) is 4.52. The lowest BCUT2D eigenvalue weighted by Gasteiger charge is -2.28. The summed E-state index contributed by atoms with van der Waals surface area (Å²) in [6.07, 6.45) is -3.99. The van der Waals surface area contributed by atoms with Crippen molar-refractivity contribution in [2.75, 3.05) is 5.88 Å². The minimum Gasteiger partial charge on any atom is -0.461 e. The summed E-state index contributed by atoms with van der Waals surface area (Å²) in [5, 5.41) is 0. The van der Waals surface area contributed by atoms with Crippen LogP contribution in [0, 0.1) is 0 Å². The summed E-state index contributed by atoms with van der Waals surface area (Å²) in [7, 11) is 0. The van der Waals surface area contributed by atoms with Gasteiger partial charge in [0.15, 0.2) is 0 Å². The Hall–Kier alpha value is -1.23. The molecule has 0 spiro atoms. The maximum absolute atomic E-state index is 12.4. The first-order valence-corrected chi connectivity index (χ1v) is 6.36. The van der Waals surface area contributed by atoms with Gasteiger partial charge in [0.2, 0.25) is 0 Å².